The Hall–Kier alpha value is -1.97. The van der Waals surface area contributed by atoms with Gasteiger partial charge < -0.3 is 5.73 Å². The molecule has 4 heteroatoms. The van der Waals surface area contributed by atoms with E-state index in [9.17, 15) is 4.39 Å². The van der Waals surface area contributed by atoms with Crippen molar-refractivity contribution in [3.8, 4) is 11.3 Å². The molecule has 0 aliphatic heterocycles. The van der Waals surface area contributed by atoms with Crippen LogP contribution in [0, 0.1) is 5.82 Å². The van der Waals surface area contributed by atoms with Crippen molar-refractivity contribution >= 4 is 22.5 Å². The fourth-order valence-corrected chi connectivity index (χ4v) is 2.77. The van der Waals surface area contributed by atoms with E-state index in [1.807, 2.05) is 31.2 Å². The average molecular weight is 315 g/mol. The minimum absolute atomic E-state index is 0.158. The first kappa shape index (κ1) is 14.9. The molecule has 1 atom stereocenters. The maximum atomic E-state index is 13.6. The number of nitrogens with zero attached hydrogens (tertiary/aromatic N) is 1. The topological polar surface area (TPSA) is 38.9 Å². The molecule has 0 radical (unpaired) electrons. The minimum Gasteiger partial charge on any atom is -0.324 e. The van der Waals surface area contributed by atoms with Crippen molar-refractivity contribution in [2.45, 2.75) is 19.4 Å². The first-order chi connectivity index (χ1) is 10.6. The van der Waals surface area contributed by atoms with E-state index in [0.29, 0.717) is 21.8 Å². The van der Waals surface area contributed by atoms with E-state index in [0.717, 1.165) is 17.4 Å². The van der Waals surface area contributed by atoms with Crippen molar-refractivity contribution in [3.63, 3.8) is 0 Å². The molecule has 0 fully saturated rings. The van der Waals surface area contributed by atoms with E-state index in [1.54, 1.807) is 12.1 Å². The molecule has 22 heavy (non-hydrogen) atoms. The molecule has 1 aromatic heterocycles. The predicted molar refractivity (Wildman–Crippen MR) is 89.4 cm³/mol. The number of aromatic nitrogens is 1. The molecule has 0 amide bonds. The summed E-state index contributed by atoms with van der Waals surface area (Å²) in [4.78, 5) is 4.68. The van der Waals surface area contributed by atoms with Crippen LogP contribution in [-0.2, 0) is 0 Å². The molecule has 0 aliphatic rings. The van der Waals surface area contributed by atoms with Crippen molar-refractivity contribution < 1.29 is 4.39 Å². The average Bonchev–Trinajstić information content (AvgIpc) is 2.53. The van der Waals surface area contributed by atoms with E-state index in [2.05, 4.69) is 4.98 Å². The van der Waals surface area contributed by atoms with Crippen LogP contribution in [0.3, 0.4) is 0 Å². The van der Waals surface area contributed by atoms with Gasteiger partial charge >= 0.3 is 0 Å². The monoisotopic (exact) mass is 314 g/mol. The minimum atomic E-state index is -0.297. The summed E-state index contributed by atoms with van der Waals surface area (Å²) in [5.41, 5.74) is 9.24. The van der Waals surface area contributed by atoms with E-state index in [-0.39, 0.29) is 11.9 Å². The lowest BCUT2D eigenvalue weighted by molar-refractivity contribution is 0.628. The Kier molecular flexibility index (Phi) is 4.10. The van der Waals surface area contributed by atoms with Crippen molar-refractivity contribution in [2.24, 2.45) is 5.73 Å². The Morgan fingerprint density at radius 3 is 2.68 bits per heavy atom. The number of rotatable bonds is 3. The number of para-hydroxylation sites is 1. The lowest BCUT2D eigenvalue weighted by atomic mass is 9.97. The van der Waals surface area contributed by atoms with E-state index in [4.69, 9.17) is 17.3 Å². The second kappa shape index (κ2) is 6.03. The van der Waals surface area contributed by atoms with Crippen LogP contribution in [0.25, 0.3) is 22.2 Å². The Labute approximate surface area is 133 Å². The third kappa shape index (κ3) is 2.70. The van der Waals surface area contributed by atoms with Gasteiger partial charge in [-0.1, -0.05) is 42.8 Å². The van der Waals surface area contributed by atoms with Crippen molar-refractivity contribution in [1.82, 2.24) is 4.98 Å². The van der Waals surface area contributed by atoms with Crippen LogP contribution in [0.15, 0.2) is 48.5 Å². The number of benzene rings is 2. The number of pyridine rings is 1. The molecule has 2 aromatic carbocycles. The normalized spacial score (nSPS) is 12.5. The first-order valence-electron chi connectivity index (χ1n) is 7.21. The molecule has 0 spiro atoms. The summed E-state index contributed by atoms with van der Waals surface area (Å²) in [6.07, 6.45) is 0.774. The van der Waals surface area contributed by atoms with Gasteiger partial charge in [-0.2, -0.15) is 0 Å². The predicted octanol–water partition coefficient (Wildman–Crippen LogP) is 5.10. The van der Waals surface area contributed by atoms with E-state index >= 15 is 0 Å². The molecule has 0 saturated heterocycles. The number of hydrogen-bond acceptors (Lipinski definition) is 2. The Balaban J connectivity index is 2.32. The zero-order valence-electron chi connectivity index (χ0n) is 12.2. The number of halogens is 2. The van der Waals surface area contributed by atoms with Crippen LogP contribution in [0.1, 0.15) is 24.9 Å². The van der Waals surface area contributed by atoms with Crippen LogP contribution in [0.5, 0.6) is 0 Å². The summed E-state index contributed by atoms with van der Waals surface area (Å²) in [5, 5.41) is 1.51. The fraction of sp³-hybridized carbons (Fsp3) is 0.167. The van der Waals surface area contributed by atoms with E-state index in [1.165, 1.54) is 12.1 Å². The summed E-state index contributed by atoms with van der Waals surface area (Å²) in [6.45, 7) is 2.02. The molecule has 3 aromatic rings. The molecule has 1 unspecified atom stereocenters. The Morgan fingerprint density at radius 1 is 1.18 bits per heavy atom. The second-order valence-corrected chi connectivity index (χ2v) is 5.67. The fourth-order valence-electron chi connectivity index (χ4n) is 2.55. The van der Waals surface area contributed by atoms with Gasteiger partial charge in [0.25, 0.3) is 0 Å². The largest absolute Gasteiger partial charge is 0.324 e. The summed E-state index contributed by atoms with van der Waals surface area (Å²) in [6, 6.07) is 13.9. The third-order valence-electron chi connectivity index (χ3n) is 3.76. The highest BCUT2D eigenvalue weighted by Gasteiger charge is 2.15. The molecule has 3 rings (SSSR count). The standard InChI is InChI=1S/C18H16ClFN2/c1-2-16(21)14-10-12-6-4-8-15(19)18(12)22-17(14)11-5-3-7-13(20)9-11/h3-10,16H,2,21H2,1H3. The van der Waals surface area contributed by atoms with Gasteiger partial charge in [0.2, 0.25) is 0 Å². The van der Waals surface area contributed by atoms with Gasteiger partial charge in [-0.3, -0.25) is 0 Å². The lowest BCUT2D eigenvalue weighted by Crippen LogP contribution is -2.11. The third-order valence-corrected chi connectivity index (χ3v) is 4.07. The number of fused-ring (bicyclic) bond motifs is 1. The Bertz CT molecular complexity index is 832. The molecular weight excluding hydrogens is 299 g/mol. The van der Waals surface area contributed by atoms with Gasteiger partial charge in [-0.25, -0.2) is 9.37 Å². The van der Waals surface area contributed by atoms with Crippen LogP contribution in [0.4, 0.5) is 4.39 Å². The smallest absolute Gasteiger partial charge is 0.123 e. The summed E-state index contributed by atoms with van der Waals surface area (Å²) in [7, 11) is 0. The highest BCUT2D eigenvalue weighted by atomic mass is 35.5. The highest BCUT2D eigenvalue weighted by Crippen LogP contribution is 2.32. The van der Waals surface area contributed by atoms with Gasteiger partial charge in [-0.15, -0.1) is 0 Å². The molecule has 0 bridgehead atoms. The van der Waals surface area contributed by atoms with Gasteiger partial charge in [0.1, 0.15) is 5.82 Å². The van der Waals surface area contributed by atoms with Gasteiger partial charge in [0, 0.05) is 17.0 Å². The SMILES string of the molecule is CCC(N)c1cc2cccc(Cl)c2nc1-c1cccc(F)c1. The first-order valence-corrected chi connectivity index (χ1v) is 7.58. The summed E-state index contributed by atoms with van der Waals surface area (Å²) < 4.78 is 13.6. The summed E-state index contributed by atoms with van der Waals surface area (Å²) in [5.74, 6) is -0.297. The molecule has 0 saturated carbocycles. The van der Waals surface area contributed by atoms with Gasteiger partial charge in [0.15, 0.2) is 0 Å². The van der Waals surface area contributed by atoms with Gasteiger partial charge in [0.05, 0.1) is 16.2 Å². The van der Waals surface area contributed by atoms with Gasteiger partial charge in [-0.05, 0) is 36.2 Å². The summed E-state index contributed by atoms with van der Waals surface area (Å²) >= 11 is 6.25. The lowest BCUT2D eigenvalue weighted by Gasteiger charge is -2.16. The quantitative estimate of drug-likeness (QED) is 0.730. The molecule has 2 N–H and O–H groups in total. The number of hydrogen-bond donors (Lipinski definition) is 1. The van der Waals surface area contributed by atoms with Crippen molar-refractivity contribution in [1.29, 1.82) is 0 Å². The van der Waals surface area contributed by atoms with Crippen LogP contribution >= 0.6 is 11.6 Å². The van der Waals surface area contributed by atoms with Crippen molar-refractivity contribution in [2.75, 3.05) is 0 Å². The maximum absolute atomic E-state index is 13.6. The molecule has 2 nitrogen and oxygen atoms in total. The zero-order valence-corrected chi connectivity index (χ0v) is 12.9. The molecule has 112 valence electrons. The van der Waals surface area contributed by atoms with E-state index < -0.39 is 0 Å². The molecular formula is C18H16ClFN2. The Morgan fingerprint density at radius 2 is 1.95 bits per heavy atom. The van der Waals surface area contributed by atoms with Crippen molar-refractivity contribution in [3.05, 3.63) is 64.9 Å². The number of nitrogens with two attached hydrogens (primary N) is 1. The maximum Gasteiger partial charge on any atom is 0.123 e. The van der Waals surface area contributed by atoms with Crippen LogP contribution < -0.4 is 5.73 Å². The molecule has 0 aliphatic carbocycles. The van der Waals surface area contributed by atoms with Crippen LogP contribution in [0.2, 0.25) is 5.02 Å². The van der Waals surface area contributed by atoms with Crippen LogP contribution in [-0.4, -0.2) is 4.98 Å². The highest BCUT2D eigenvalue weighted by molar-refractivity contribution is 6.35. The second-order valence-electron chi connectivity index (χ2n) is 5.26. The zero-order chi connectivity index (χ0) is 15.7. The molecule has 1 heterocycles.